The first kappa shape index (κ1) is 27.6. The van der Waals surface area contributed by atoms with Gasteiger partial charge in [-0.15, -0.1) is 0 Å². The van der Waals surface area contributed by atoms with E-state index in [9.17, 15) is 9.90 Å². The number of carbonyl (C=O) groups is 1. The Morgan fingerprint density at radius 2 is 1.54 bits per heavy atom. The monoisotopic (exact) mass is 565 g/mol. The van der Waals surface area contributed by atoms with Gasteiger partial charge in [0.25, 0.3) is 0 Å². The molecule has 3 aromatic rings. The first-order valence-corrected chi connectivity index (χ1v) is 13.6. The number of hydrogen-bond donors (Lipinski definition) is 2. The molecule has 1 aliphatic carbocycles. The quantitative estimate of drug-likeness (QED) is 0.308. The average Bonchev–Trinajstić information content (AvgIpc) is 3.32. The van der Waals surface area contributed by atoms with E-state index in [0.29, 0.717) is 16.1 Å². The van der Waals surface area contributed by atoms with Gasteiger partial charge in [-0.2, -0.15) is 0 Å². The fraction of sp³-hybridized carbons (Fsp3) is 0.300. The van der Waals surface area contributed by atoms with E-state index in [1.807, 2.05) is 52.0 Å². The van der Waals surface area contributed by atoms with Gasteiger partial charge in [-0.25, -0.2) is 4.79 Å². The minimum absolute atomic E-state index is 0.0424. The number of carbonyl (C=O) groups excluding carboxylic acids is 1. The van der Waals surface area contributed by atoms with E-state index in [0.717, 1.165) is 22.3 Å². The normalized spacial score (nSPS) is 17.6. The van der Waals surface area contributed by atoms with E-state index in [4.69, 9.17) is 37.2 Å². The number of fused-ring (bicyclic) bond motifs is 3. The van der Waals surface area contributed by atoms with Crippen LogP contribution in [0.2, 0.25) is 10.0 Å². The predicted octanol–water partition coefficient (Wildman–Crippen LogP) is 7.25. The number of ether oxygens (including phenoxy) is 1. The maximum absolute atomic E-state index is 12.9. The van der Waals surface area contributed by atoms with Gasteiger partial charge < -0.3 is 24.5 Å². The Morgan fingerprint density at radius 1 is 0.974 bits per heavy atom. The summed E-state index contributed by atoms with van der Waals surface area (Å²) in [6.07, 6.45) is 1.19. The number of nitrogens with one attached hydrogen (secondary N) is 1. The third kappa shape index (κ3) is 5.41. The topological polar surface area (TPSA) is 77.0 Å². The van der Waals surface area contributed by atoms with Crippen molar-refractivity contribution in [2.45, 2.75) is 44.8 Å². The van der Waals surface area contributed by atoms with Gasteiger partial charge in [0, 0.05) is 18.5 Å². The van der Waals surface area contributed by atoms with Crippen LogP contribution < -0.4 is 5.32 Å². The molecule has 39 heavy (non-hydrogen) atoms. The molecule has 202 valence electrons. The van der Waals surface area contributed by atoms with Gasteiger partial charge in [0.05, 0.1) is 21.2 Å². The first-order chi connectivity index (χ1) is 18.5. The molecule has 0 bridgehead atoms. The number of halogens is 2. The minimum Gasteiger partial charge on any atom is -0.506 e. The first-order valence-electron chi connectivity index (χ1n) is 12.8. The van der Waals surface area contributed by atoms with Crippen molar-refractivity contribution in [3.8, 4) is 16.9 Å². The average molecular weight is 566 g/mol. The molecule has 5 rings (SSSR count). The lowest BCUT2D eigenvalue weighted by molar-refractivity contribution is 0.00578. The van der Waals surface area contributed by atoms with Gasteiger partial charge in [0.1, 0.15) is 12.4 Å². The lowest BCUT2D eigenvalue weighted by Crippen LogP contribution is -2.41. The van der Waals surface area contributed by atoms with Gasteiger partial charge in [-0.3, -0.25) is 0 Å². The van der Waals surface area contributed by atoms with Gasteiger partial charge in [0.2, 0.25) is 0 Å². The van der Waals surface area contributed by atoms with Crippen LogP contribution in [0.3, 0.4) is 0 Å². The molecule has 1 amide bonds. The van der Waals surface area contributed by atoms with Crippen molar-refractivity contribution in [3.63, 3.8) is 0 Å². The lowest BCUT2D eigenvalue weighted by atomic mass is 9.77. The summed E-state index contributed by atoms with van der Waals surface area (Å²) in [5, 5.41) is 13.2. The molecule has 2 N–H and O–H groups in total. The largest absolute Gasteiger partial charge is 0.506 e. The fourth-order valence-electron chi connectivity index (χ4n) is 4.88. The van der Waals surface area contributed by atoms with E-state index >= 15 is 0 Å². The molecule has 0 unspecified atom stereocenters. The van der Waals surface area contributed by atoms with Crippen LogP contribution in [0.5, 0.6) is 5.75 Å². The number of phenols is 1. The van der Waals surface area contributed by atoms with Crippen LogP contribution in [0.4, 0.5) is 4.79 Å². The highest BCUT2D eigenvalue weighted by molar-refractivity contribution is 6.56. The molecule has 1 fully saturated rings. The summed E-state index contributed by atoms with van der Waals surface area (Å²) in [5.74, 6) is -0.160. The van der Waals surface area contributed by atoms with Crippen LogP contribution in [-0.2, 0) is 14.0 Å². The zero-order valence-corrected chi connectivity index (χ0v) is 23.8. The number of hydrogen-bond acceptors (Lipinski definition) is 5. The number of rotatable bonds is 6. The molecular formula is C30H30BCl2NO5. The van der Waals surface area contributed by atoms with E-state index in [-0.39, 0.29) is 29.8 Å². The summed E-state index contributed by atoms with van der Waals surface area (Å²) in [6, 6.07) is 19.3. The number of alkyl carbamates (subject to hydrolysis) is 1. The second-order valence-electron chi connectivity index (χ2n) is 10.8. The molecule has 0 atom stereocenters. The highest BCUT2D eigenvalue weighted by Crippen LogP contribution is 2.44. The molecule has 2 aliphatic rings. The highest BCUT2D eigenvalue weighted by Gasteiger charge is 2.52. The van der Waals surface area contributed by atoms with Crippen LogP contribution in [0, 0.1) is 0 Å². The lowest BCUT2D eigenvalue weighted by Gasteiger charge is -2.32. The van der Waals surface area contributed by atoms with Crippen LogP contribution in [0.1, 0.15) is 50.3 Å². The van der Waals surface area contributed by atoms with Crippen molar-refractivity contribution in [1.82, 2.24) is 5.32 Å². The van der Waals surface area contributed by atoms with E-state index in [1.165, 1.54) is 6.07 Å². The Balaban J connectivity index is 1.33. The second-order valence-corrected chi connectivity index (χ2v) is 11.6. The van der Waals surface area contributed by atoms with Crippen molar-refractivity contribution in [3.05, 3.63) is 92.9 Å². The van der Waals surface area contributed by atoms with E-state index in [1.54, 1.807) is 12.1 Å². The van der Waals surface area contributed by atoms with Crippen LogP contribution >= 0.6 is 23.2 Å². The Bertz CT molecular complexity index is 1390. The summed E-state index contributed by atoms with van der Waals surface area (Å²) >= 11 is 12.5. The van der Waals surface area contributed by atoms with Crippen molar-refractivity contribution < 1.29 is 23.9 Å². The third-order valence-electron chi connectivity index (χ3n) is 7.74. The number of aromatic hydroxyl groups is 1. The summed E-state index contributed by atoms with van der Waals surface area (Å²) in [6.45, 7) is 8.10. The third-order valence-corrected chi connectivity index (χ3v) is 8.37. The number of benzene rings is 3. The van der Waals surface area contributed by atoms with Crippen molar-refractivity contribution in [2.24, 2.45) is 0 Å². The van der Waals surface area contributed by atoms with Crippen LogP contribution in [0.25, 0.3) is 17.2 Å². The van der Waals surface area contributed by atoms with E-state index in [2.05, 4.69) is 29.6 Å². The standard InChI is InChI=1S/C30H30BCl2NO5/c1-29(2)30(3,4)39-31(38-29)19(13-18-14-26(33)27(35)15-25(18)32)16-34-28(36)37-17-24-22-11-7-5-9-20(22)21-10-6-8-12-23(21)24/h5-15,24,35H,16-17H2,1-4H3,(H,34,36). The Labute approximate surface area is 239 Å². The Kier molecular flexibility index (Phi) is 7.46. The van der Waals surface area contributed by atoms with Crippen molar-refractivity contribution in [2.75, 3.05) is 13.2 Å². The van der Waals surface area contributed by atoms with Gasteiger partial charge >= 0.3 is 13.2 Å². The maximum Gasteiger partial charge on any atom is 0.492 e. The summed E-state index contributed by atoms with van der Waals surface area (Å²) in [4.78, 5) is 12.9. The molecular weight excluding hydrogens is 536 g/mol. The predicted molar refractivity (Wildman–Crippen MR) is 155 cm³/mol. The molecule has 9 heteroatoms. The fourth-order valence-corrected chi connectivity index (χ4v) is 5.27. The molecule has 1 saturated heterocycles. The molecule has 6 nitrogen and oxygen atoms in total. The number of amides is 1. The summed E-state index contributed by atoms with van der Waals surface area (Å²) < 4.78 is 18.2. The van der Waals surface area contributed by atoms with Crippen molar-refractivity contribution >= 4 is 42.5 Å². The second kappa shape index (κ2) is 10.5. The molecule has 1 heterocycles. The smallest absolute Gasteiger partial charge is 0.492 e. The van der Waals surface area contributed by atoms with Gasteiger partial charge in [0.15, 0.2) is 0 Å². The molecule has 3 aromatic carbocycles. The zero-order chi connectivity index (χ0) is 27.9. The minimum atomic E-state index is -0.743. The van der Waals surface area contributed by atoms with E-state index < -0.39 is 24.4 Å². The maximum atomic E-state index is 12.9. The molecule has 0 radical (unpaired) electrons. The number of phenolic OH excluding ortho intramolecular Hbond substituents is 1. The van der Waals surface area contributed by atoms with Gasteiger partial charge in [-0.1, -0.05) is 77.8 Å². The van der Waals surface area contributed by atoms with Crippen molar-refractivity contribution in [1.29, 1.82) is 0 Å². The Morgan fingerprint density at radius 3 is 2.13 bits per heavy atom. The SMILES string of the molecule is CC1(C)OB(C(=Cc2cc(Cl)c(O)cc2Cl)CNC(=O)OCC2c3ccccc3-c3ccccc32)OC1(C)C. The van der Waals surface area contributed by atoms with Crippen LogP contribution in [0.15, 0.2) is 66.1 Å². The van der Waals surface area contributed by atoms with Crippen LogP contribution in [-0.4, -0.2) is 42.7 Å². The molecule has 0 aromatic heterocycles. The molecule has 0 spiro atoms. The Hall–Kier alpha value is -2.97. The van der Waals surface area contributed by atoms with Gasteiger partial charge in [-0.05, 0) is 67.1 Å². The zero-order valence-electron chi connectivity index (χ0n) is 22.3. The molecule has 1 aliphatic heterocycles. The highest BCUT2D eigenvalue weighted by atomic mass is 35.5. The summed E-state index contributed by atoms with van der Waals surface area (Å²) in [5.41, 5.74) is 4.61. The molecule has 0 saturated carbocycles. The summed E-state index contributed by atoms with van der Waals surface area (Å²) in [7, 11) is -0.743.